The number of benzene rings is 1. The Balaban J connectivity index is 2.08. The van der Waals surface area contributed by atoms with Crippen LogP contribution in [0.1, 0.15) is 11.1 Å². The first-order valence-electron chi connectivity index (χ1n) is 5.22. The van der Waals surface area contributed by atoms with E-state index >= 15 is 0 Å². The Kier molecular flexibility index (Phi) is 3.58. The van der Waals surface area contributed by atoms with Gasteiger partial charge in [0.1, 0.15) is 6.29 Å². The van der Waals surface area contributed by atoms with Crippen LogP contribution in [0, 0.1) is 0 Å². The second kappa shape index (κ2) is 5.14. The van der Waals surface area contributed by atoms with E-state index in [0.29, 0.717) is 12.8 Å². The highest BCUT2D eigenvalue weighted by Crippen LogP contribution is 2.23. The Hall–Kier alpha value is -1.62. The van der Waals surface area contributed by atoms with Crippen molar-refractivity contribution in [2.75, 3.05) is 0 Å². The van der Waals surface area contributed by atoms with Crippen molar-refractivity contribution in [3.05, 3.63) is 35.4 Å². The summed E-state index contributed by atoms with van der Waals surface area (Å²) < 4.78 is 0. The van der Waals surface area contributed by atoms with Crippen molar-refractivity contribution >= 4 is 29.2 Å². The zero-order valence-corrected chi connectivity index (χ0v) is 9.83. The molecule has 5 heteroatoms. The van der Waals surface area contributed by atoms with Gasteiger partial charge in [0.25, 0.3) is 5.24 Å². The predicted octanol–water partition coefficient (Wildman–Crippen LogP) is 1.32. The number of carbonyl (C=O) groups is 3. The largest absolute Gasteiger partial charge is 0.303 e. The Morgan fingerprint density at radius 1 is 1.29 bits per heavy atom. The van der Waals surface area contributed by atoms with Crippen LogP contribution in [0.2, 0.25) is 0 Å². The zero-order valence-electron chi connectivity index (χ0n) is 9.01. The number of rotatable bonds is 4. The van der Waals surface area contributed by atoms with Crippen LogP contribution in [0.3, 0.4) is 0 Å². The van der Waals surface area contributed by atoms with E-state index < -0.39 is 0 Å². The highest BCUT2D eigenvalue weighted by atomic mass is 32.2. The molecule has 1 unspecified atom stereocenters. The van der Waals surface area contributed by atoms with Crippen molar-refractivity contribution in [3.8, 4) is 0 Å². The highest BCUT2D eigenvalue weighted by Gasteiger charge is 2.31. The molecule has 2 rings (SSSR count). The molecule has 0 radical (unpaired) electrons. The minimum absolute atomic E-state index is 0.235. The van der Waals surface area contributed by atoms with Crippen LogP contribution in [-0.4, -0.2) is 22.7 Å². The second-order valence-corrected chi connectivity index (χ2v) is 4.95. The van der Waals surface area contributed by atoms with Gasteiger partial charge in [-0.1, -0.05) is 36.0 Å². The van der Waals surface area contributed by atoms with E-state index in [1.165, 1.54) is 0 Å². The lowest BCUT2D eigenvalue weighted by Gasteiger charge is -2.06. The lowest BCUT2D eigenvalue weighted by Crippen LogP contribution is -2.25. The maximum absolute atomic E-state index is 11.4. The van der Waals surface area contributed by atoms with E-state index in [2.05, 4.69) is 5.32 Å². The third-order valence-electron chi connectivity index (χ3n) is 2.50. The highest BCUT2D eigenvalue weighted by molar-refractivity contribution is 8.15. The molecule has 1 aromatic rings. The van der Waals surface area contributed by atoms with E-state index in [0.717, 1.165) is 29.2 Å². The van der Waals surface area contributed by atoms with E-state index in [1.807, 2.05) is 24.3 Å². The van der Waals surface area contributed by atoms with Gasteiger partial charge in [-0.3, -0.25) is 14.9 Å². The molecule has 2 amide bonds. The molecular weight excluding hydrogens is 238 g/mol. The van der Waals surface area contributed by atoms with Crippen molar-refractivity contribution in [2.45, 2.75) is 18.1 Å². The molecule has 1 aliphatic rings. The first-order chi connectivity index (χ1) is 8.19. The molecular formula is C12H11NO3S. The van der Waals surface area contributed by atoms with E-state index in [1.54, 1.807) is 0 Å². The van der Waals surface area contributed by atoms with Gasteiger partial charge in [-0.25, -0.2) is 0 Å². The number of hydrogen-bond acceptors (Lipinski definition) is 4. The van der Waals surface area contributed by atoms with Gasteiger partial charge in [0, 0.05) is 6.42 Å². The van der Waals surface area contributed by atoms with Crippen molar-refractivity contribution < 1.29 is 14.4 Å². The van der Waals surface area contributed by atoms with Gasteiger partial charge in [0.05, 0.1) is 5.25 Å². The van der Waals surface area contributed by atoms with E-state index in [-0.39, 0.29) is 16.4 Å². The van der Waals surface area contributed by atoms with Crippen LogP contribution in [-0.2, 0) is 22.4 Å². The van der Waals surface area contributed by atoms with Crippen molar-refractivity contribution in [1.29, 1.82) is 0 Å². The fourth-order valence-corrected chi connectivity index (χ4v) is 2.58. The first kappa shape index (κ1) is 11.9. The van der Waals surface area contributed by atoms with Crippen LogP contribution in [0.25, 0.3) is 0 Å². The quantitative estimate of drug-likeness (QED) is 0.817. The fourth-order valence-electron chi connectivity index (χ4n) is 1.72. The molecule has 88 valence electrons. The van der Waals surface area contributed by atoms with Crippen molar-refractivity contribution in [3.63, 3.8) is 0 Å². The smallest absolute Gasteiger partial charge is 0.286 e. The normalized spacial score (nSPS) is 19.2. The van der Waals surface area contributed by atoms with Crippen molar-refractivity contribution in [2.24, 2.45) is 0 Å². The Morgan fingerprint density at radius 3 is 2.71 bits per heavy atom. The lowest BCUT2D eigenvalue weighted by molar-refractivity contribution is -0.119. The Labute approximate surface area is 103 Å². The van der Waals surface area contributed by atoms with Crippen molar-refractivity contribution in [1.82, 2.24) is 5.32 Å². The molecule has 0 aromatic heterocycles. The van der Waals surface area contributed by atoms with Gasteiger partial charge >= 0.3 is 0 Å². The van der Waals surface area contributed by atoms with E-state index in [9.17, 15) is 14.4 Å². The topological polar surface area (TPSA) is 63.2 Å². The Bertz CT molecular complexity index is 473. The summed E-state index contributed by atoms with van der Waals surface area (Å²) in [5, 5.41) is 1.62. The van der Waals surface area contributed by atoms with Crippen LogP contribution >= 0.6 is 11.8 Å². The molecule has 0 saturated carbocycles. The number of thioether (sulfide) groups is 1. The second-order valence-electron chi connectivity index (χ2n) is 3.78. The fraction of sp³-hybridized carbons (Fsp3) is 0.250. The first-order valence-corrected chi connectivity index (χ1v) is 6.10. The van der Waals surface area contributed by atoms with E-state index in [4.69, 9.17) is 0 Å². The molecule has 0 aliphatic carbocycles. The molecule has 1 aliphatic heterocycles. The van der Waals surface area contributed by atoms with Crippen LogP contribution in [0.5, 0.6) is 0 Å². The summed E-state index contributed by atoms with van der Waals surface area (Å²) in [5.74, 6) is -0.235. The van der Waals surface area contributed by atoms with Gasteiger partial charge < -0.3 is 4.79 Å². The molecule has 0 bridgehead atoms. The van der Waals surface area contributed by atoms with Gasteiger partial charge in [-0.2, -0.15) is 0 Å². The third-order valence-corrected chi connectivity index (χ3v) is 3.48. The lowest BCUT2D eigenvalue weighted by atomic mass is 10.0. The maximum atomic E-state index is 11.4. The molecule has 17 heavy (non-hydrogen) atoms. The average Bonchev–Trinajstić information content (AvgIpc) is 2.58. The summed E-state index contributed by atoms with van der Waals surface area (Å²) in [6, 6.07) is 7.51. The summed E-state index contributed by atoms with van der Waals surface area (Å²) in [4.78, 5) is 32.8. The molecule has 1 heterocycles. The summed E-state index contributed by atoms with van der Waals surface area (Å²) in [7, 11) is 0. The molecule has 4 nitrogen and oxygen atoms in total. The molecule has 1 aromatic carbocycles. The molecule has 1 fully saturated rings. The van der Waals surface area contributed by atoms with Gasteiger partial charge in [-0.05, 0) is 17.5 Å². The minimum atomic E-state index is -0.353. The van der Waals surface area contributed by atoms with Gasteiger partial charge in [0.2, 0.25) is 5.91 Å². The molecule has 1 saturated heterocycles. The third kappa shape index (κ3) is 2.94. The minimum Gasteiger partial charge on any atom is -0.303 e. The Morgan fingerprint density at radius 2 is 2.06 bits per heavy atom. The SMILES string of the molecule is O=CCc1cccc(CC2SC(=O)NC2=O)c1. The molecule has 1 atom stereocenters. The number of aldehydes is 1. The number of hydrogen-bond donors (Lipinski definition) is 1. The summed E-state index contributed by atoms with van der Waals surface area (Å²) in [5.41, 5.74) is 1.89. The number of carbonyl (C=O) groups excluding carboxylic acids is 3. The standard InChI is InChI=1S/C12H11NO3S/c14-5-4-8-2-1-3-9(6-8)7-10-11(15)13-12(16)17-10/h1-3,5-6,10H,4,7H2,(H,13,15,16). The van der Waals surface area contributed by atoms with Crippen LogP contribution in [0.15, 0.2) is 24.3 Å². The monoisotopic (exact) mass is 249 g/mol. The maximum Gasteiger partial charge on any atom is 0.286 e. The number of nitrogens with one attached hydrogen (secondary N) is 1. The summed E-state index contributed by atoms with van der Waals surface area (Å²) >= 11 is 1.02. The number of imide groups is 1. The summed E-state index contributed by atoms with van der Waals surface area (Å²) in [6.45, 7) is 0. The molecule has 0 spiro atoms. The molecule has 1 N–H and O–H groups in total. The van der Waals surface area contributed by atoms with Crippen LogP contribution < -0.4 is 5.32 Å². The predicted molar refractivity (Wildman–Crippen MR) is 64.8 cm³/mol. The average molecular weight is 249 g/mol. The van der Waals surface area contributed by atoms with Gasteiger partial charge in [-0.15, -0.1) is 0 Å². The van der Waals surface area contributed by atoms with Crippen LogP contribution in [0.4, 0.5) is 4.79 Å². The van der Waals surface area contributed by atoms with Gasteiger partial charge in [0.15, 0.2) is 0 Å². The number of amides is 2. The zero-order chi connectivity index (χ0) is 12.3. The summed E-state index contributed by atoms with van der Waals surface area (Å²) in [6.07, 6.45) is 1.73.